The molecule has 2 aliphatic heterocycles. The third kappa shape index (κ3) is 4.61. The predicted molar refractivity (Wildman–Crippen MR) is 150 cm³/mol. The van der Waals surface area contributed by atoms with Crippen LogP contribution in [0.2, 0.25) is 0 Å². The van der Waals surface area contributed by atoms with Gasteiger partial charge in [0.2, 0.25) is 11.8 Å². The molecule has 0 unspecified atom stereocenters. The second-order valence-corrected chi connectivity index (χ2v) is 11.4. The first-order valence-electron chi connectivity index (χ1n) is 13.8. The molecule has 212 valence electrons. The van der Waals surface area contributed by atoms with E-state index >= 15 is 0 Å². The Kier molecular flexibility index (Phi) is 6.90. The molecule has 6 atom stereocenters. The van der Waals surface area contributed by atoms with E-state index in [0.717, 1.165) is 10.5 Å². The number of fused-ring (bicyclic) bond motifs is 3. The lowest BCUT2D eigenvalue weighted by Crippen LogP contribution is -2.55. The number of hydrogen-bond acceptors (Lipinski definition) is 8. The summed E-state index contributed by atoms with van der Waals surface area (Å²) in [6.45, 7) is 3.67. The number of benzene rings is 3. The number of carbonyl (C=O) groups excluding carboxylic acids is 2. The molecule has 0 spiro atoms. The van der Waals surface area contributed by atoms with Gasteiger partial charge in [0, 0.05) is 11.8 Å². The van der Waals surface area contributed by atoms with Crippen LogP contribution >= 0.6 is 0 Å². The number of carbonyl (C=O) groups is 2. The first-order valence-corrected chi connectivity index (χ1v) is 13.8. The first-order chi connectivity index (χ1) is 19.6. The number of nitrogens with zero attached hydrogens (tertiary/aromatic N) is 1. The van der Waals surface area contributed by atoms with Crippen molar-refractivity contribution in [3.63, 3.8) is 0 Å². The predicted octanol–water partition coefficient (Wildman–Crippen LogP) is 2.36. The fourth-order valence-corrected chi connectivity index (χ4v) is 6.85. The number of para-hydroxylation sites is 1. The van der Waals surface area contributed by atoms with E-state index in [4.69, 9.17) is 9.47 Å². The molecule has 1 saturated carbocycles. The van der Waals surface area contributed by atoms with Crippen LogP contribution in [0.15, 0.2) is 66.7 Å². The van der Waals surface area contributed by atoms with Crippen molar-refractivity contribution in [2.75, 3.05) is 11.5 Å². The number of aryl methyl sites for hydroxylation is 2. The monoisotopic (exact) mass is 557 g/mol. The summed E-state index contributed by atoms with van der Waals surface area (Å²) in [5.41, 5.74) is 2.54. The van der Waals surface area contributed by atoms with Gasteiger partial charge < -0.3 is 29.7 Å². The fourth-order valence-electron chi connectivity index (χ4n) is 6.85. The Labute approximate surface area is 238 Å². The maximum Gasteiger partial charge on any atom is 0.488 e. The zero-order chi connectivity index (χ0) is 29.1. The van der Waals surface area contributed by atoms with Gasteiger partial charge in [-0.15, -0.1) is 0 Å². The van der Waals surface area contributed by atoms with Crippen LogP contribution in [0, 0.1) is 37.5 Å². The number of rotatable bonds is 6. The van der Waals surface area contributed by atoms with E-state index in [-0.39, 0.29) is 29.9 Å². The van der Waals surface area contributed by atoms with Crippen LogP contribution in [-0.4, -0.2) is 51.6 Å². The van der Waals surface area contributed by atoms with Crippen molar-refractivity contribution in [1.82, 2.24) is 0 Å². The lowest BCUT2D eigenvalue weighted by atomic mass is 9.64. The fraction of sp³-hybridized carbons (Fsp3) is 0.355. The van der Waals surface area contributed by atoms with Gasteiger partial charge in [-0.1, -0.05) is 30.3 Å². The third-order valence-corrected chi connectivity index (χ3v) is 8.87. The molecule has 2 heterocycles. The van der Waals surface area contributed by atoms with E-state index in [1.807, 2.05) is 42.5 Å². The number of aromatic hydroxyl groups is 1. The van der Waals surface area contributed by atoms with E-state index < -0.39 is 54.5 Å². The van der Waals surface area contributed by atoms with Gasteiger partial charge in [0.05, 0.1) is 30.2 Å². The number of hydrogen-bond donors (Lipinski definition) is 4. The summed E-state index contributed by atoms with van der Waals surface area (Å²) in [6, 6.07) is 18.9. The SMILES string of the molecule is Cc1cc([C@@H]2C[C@H]3[C@H]4C(=O)N(c5cccc(B(O)O)c5)C(=O)[C@H]4C[C@H](COc4ccccc4)[C@@]3(O)O2)cc(C)c1O. The van der Waals surface area contributed by atoms with E-state index in [1.54, 1.807) is 26.0 Å². The molecule has 0 radical (unpaired) electrons. The summed E-state index contributed by atoms with van der Waals surface area (Å²) in [5, 5.41) is 41.8. The average molecular weight is 557 g/mol. The van der Waals surface area contributed by atoms with Crippen molar-refractivity contribution >= 4 is 30.1 Å². The van der Waals surface area contributed by atoms with Crippen LogP contribution in [0.1, 0.15) is 35.6 Å². The Bertz CT molecular complexity index is 1470. The highest BCUT2D eigenvalue weighted by Gasteiger charge is 2.67. The van der Waals surface area contributed by atoms with Crippen molar-refractivity contribution in [3.8, 4) is 11.5 Å². The second-order valence-electron chi connectivity index (χ2n) is 11.4. The van der Waals surface area contributed by atoms with Gasteiger partial charge in [-0.2, -0.15) is 0 Å². The lowest BCUT2D eigenvalue weighted by molar-refractivity contribution is -0.272. The highest BCUT2D eigenvalue weighted by Crippen LogP contribution is 2.58. The number of anilines is 1. The van der Waals surface area contributed by atoms with Gasteiger partial charge in [-0.3, -0.25) is 14.5 Å². The molecular weight excluding hydrogens is 525 g/mol. The maximum absolute atomic E-state index is 13.9. The molecule has 0 bridgehead atoms. The van der Waals surface area contributed by atoms with Crippen molar-refractivity contribution in [2.24, 2.45) is 23.7 Å². The highest BCUT2D eigenvalue weighted by molar-refractivity contribution is 6.58. The molecule has 10 heteroatoms. The molecule has 1 aliphatic carbocycles. The molecule has 3 aromatic rings. The van der Waals surface area contributed by atoms with E-state index in [2.05, 4.69) is 0 Å². The van der Waals surface area contributed by atoms with Crippen LogP contribution in [-0.2, 0) is 14.3 Å². The van der Waals surface area contributed by atoms with Gasteiger partial charge in [0.25, 0.3) is 0 Å². The molecule has 6 rings (SSSR count). The Morgan fingerprint density at radius 2 is 1.68 bits per heavy atom. The number of phenols is 1. The summed E-state index contributed by atoms with van der Waals surface area (Å²) in [7, 11) is -1.75. The third-order valence-electron chi connectivity index (χ3n) is 8.87. The topological polar surface area (TPSA) is 137 Å². The van der Waals surface area contributed by atoms with Crippen molar-refractivity contribution in [2.45, 2.75) is 38.6 Å². The number of amides is 2. The Hall–Kier alpha value is -3.70. The molecule has 3 aliphatic rings. The molecule has 3 aromatic carbocycles. The van der Waals surface area contributed by atoms with Crippen LogP contribution in [0.4, 0.5) is 5.69 Å². The number of imide groups is 1. The second kappa shape index (κ2) is 10.3. The summed E-state index contributed by atoms with van der Waals surface area (Å²) in [4.78, 5) is 28.9. The highest BCUT2D eigenvalue weighted by atomic mass is 16.6. The number of ether oxygens (including phenoxy) is 2. The molecule has 41 heavy (non-hydrogen) atoms. The van der Waals surface area contributed by atoms with E-state index in [9.17, 15) is 29.9 Å². The maximum atomic E-state index is 13.9. The summed E-state index contributed by atoms with van der Waals surface area (Å²) in [6.07, 6.45) is -0.0922. The summed E-state index contributed by atoms with van der Waals surface area (Å²) < 4.78 is 12.5. The quantitative estimate of drug-likeness (QED) is 0.268. The molecule has 2 amide bonds. The Balaban J connectivity index is 1.37. The lowest BCUT2D eigenvalue weighted by Gasteiger charge is -2.44. The molecule has 3 fully saturated rings. The van der Waals surface area contributed by atoms with E-state index in [1.165, 1.54) is 12.1 Å². The molecule has 2 saturated heterocycles. The molecule has 4 N–H and O–H groups in total. The molecule has 9 nitrogen and oxygen atoms in total. The van der Waals surface area contributed by atoms with Gasteiger partial charge in [0.1, 0.15) is 11.5 Å². The molecule has 0 aromatic heterocycles. The normalized spacial score (nSPS) is 28.9. The van der Waals surface area contributed by atoms with Gasteiger partial charge in [-0.25, -0.2) is 0 Å². The van der Waals surface area contributed by atoms with Gasteiger partial charge in [0.15, 0.2) is 5.79 Å². The standard InChI is InChI=1S/C31H32BNO8/c1-17-11-19(12-18(2)28(17)34)26-15-25-27-24(13-20(31(25,37)41-26)16-40-23-9-4-3-5-10-23)29(35)33(30(27)36)22-8-6-7-21(14-22)32(38)39/h3-12,14,20,24-27,34,37-39H,13,15-16H2,1-2H3/t20-,24+,25+,26+,27+,31-/m1/s1. The zero-order valence-electron chi connectivity index (χ0n) is 22.8. The van der Waals surface area contributed by atoms with Gasteiger partial charge in [-0.05, 0) is 85.2 Å². The van der Waals surface area contributed by atoms with Crippen molar-refractivity contribution < 1.29 is 39.3 Å². The molecular formula is C31H32BNO8. The van der Waals surface area contributed by atoms with Crippen LogP contribution in [0.5, 0.6) is 11.5 Å². The minimum Gasteiger partial charge on any atom is -0.507 e. The zero-order valence-corrected chi connectivity index (χ0v) is 22.8. The summed E-state index contributed by atoms with van der Waals surface area (Å²) in [5.74, 6) is -4.61. The Morgan fingerprint density at radius 1 is 0.976 bits per heavy atom. The minimum atomic E-state index is -1.75. The summed E-state index contributed by atoms with van der Waals surface area (Å²) >= 11 is 0. The van der Waals surface area contributed by atoms with E-state index in [0.29, 0.717) is 23.3 Å². The van der Waals surface area contributed by atoms with Gasteiger partial charge >= 0.3 is 7.12 Å². The minimum absolute atomic E-state index is 0.0776. The largest absolute Gasteiger partial charge is 0.507 e. The van der Waals surface area contributed by atoms with Crippen LogP contribution in [0.3, 0.4) is 0 Å². The first kappa shape index (κ1) is 27.5. The average Bonchev–Trinajstić information content (AvgIpc) is 3.44. The van der Waals surface area contributed by atoms with Crippen LogP contribution in [0.25, 0.3) is 0 Å². The van der Waals surface area contributed by atoms with Crippen molar-refractivity contribution in [3.05, 3.63) is 83.4 Å². The van der Waals surface area contributed by atoms with Crippen LogP contribution < -0.4 is 15.1 Å². The number of phenolic OH excluding ortho intramolecular Hbond substituents is 1. The smallest absolute Gasteiger partial charge is 0.488 e. The Morgan fingerprint density at radius 3 is 2.37 bits per heavy atom. The number of aliphatic hydroxyl groups is 1. The van der Waals surface area contributed by atoms with Crippen molar-refractivity contribution in [1.29, 1.82) is 0 Å².